The van der Waals surface area contributed by atoms with Gasteiger partial charge in [0.15, 0.2) is 0 Å². The van der Waals surface area contributed by atoms with Crippen LogP contribution < -0.4 is 16.6 Å². The van der Waals surface area contributed by atoms with Gasteiger partial charge in [-0.05, 0) is 44.7 Å². The Morgan fingerprint density at radius 2 is 1.88 bits per heavy atom. The van der Waals surface area contributed by atoms with Gasteiger partial charge in [-0.2, -0.15) is 0 Å². The van der Waals surface area contributed by atoms with E-state index in [9.17, 15) is 14.4 Å². The number of hydrogen-bond donors (Lipinski definition) is 1. The molecule has 0 amide bonds. The second-order valence-electron chi connectivity index (χ2n) is 8.52. The number of nitrogens with one attached hydrogen (secondary N) is 1. The SMILES string of the molecule is CCOC(=O)C=CCn1c(=O)c2cc(F)c(NC3CCCCC3)cc2n(C(CC)CC)c1=O. The van der Waals surface area contributed by atoms with Crippen LogP contribution in [0.4, 0.5) is 10.1 Å². The number of hydrogen-bond acceptors (Lipinski definition) is 5. The van der Waals surface area contributed by atoms with Crippen molar-refractivity contribution in [2.45, 2.75) is 84.3 Å². The number of rotatable bonds is 9. The maximum atomic E-state index is 15.1. The monoisotopic (exact) mass is 459 g/mol. The zero-order valence-electron chi connectivity index (χ0n) is 19.7. The Labute approximate surface area is 193 Å². The summed E-state index contributed by atoms with van der Waals surface area (Å²) in [5, 5.41) is 3.44. The quantitative estimate of drug-likeness (QED) is 0.440. The van der Waals surface area contributed by atoms with Crippen LogP contribution in [-0.2, 0) is 16.1 Å². The van der Waals surface area contributed by atoms with Gasteiger partial charge in [0, 0.05) is 24.7 Å². The molecule has 2 aromatic rings. The molecule has 0 spiro atoms. The van der Waals surface area contributed by atoms with Gasteiger partial charge >= 0.3 is 11.7 Å². The van der Waals surface area contributed by atoms with E-state index in [4.69, 9.17) is 4.74 Å². The molecule has 0 unspecified atom stereocenters. The Morgan fingerprint density at radius 3 is 2.52 bits per heavy atom. The number of halogens is 1. The van der Waals surface area contributed by atoms with E-state index in [2.05, 4.69) is 5.32 Å². The maximum absolute atomic E-state index is 15.1. The number of ether oxygens (including phenoxy) is 1. The maximum Gasteiger partial charge on any atom is 0.332 e. The van der Waals surface area contributed by atoms with E-state index in [1.807, 2.05) is 13.8 Å². The van der Waals surface area contributed by atoms with Crippen LogP contribution in [0.1, 0.15) is 71.8 Å². The van der Waals surface area contributed by atoms with Crippen LogP contribution in [0.2, 0.25) is 0 Å². The number of anilines is 1. The van der Waals surface area contributed by atoms with Crippen LogP contribution >= 0.6 is 0 Å². The highest BCUT2D eigenvalue weighted by molar-refractivity contribution is 5.83. The zero-order chi connectivity index (χ0) is 24.0. The second kappa shape index (κ2) is 11.3. The van der Waals surface area contributed by atoms with Gasteiger partial charge in [-0.3, -0.25) is 13.9 Å². The minimum atomic E-state index is -0.575. The molecule has 1 fully saturated rings. The lowest BCUT2D eigenvalue weighted by atomic mass is 9.95. The zero-order valence-corrected chi connectivity index (χ0v) is 19.7. The Hall–Kier alpha value is -2.90. The predicted octanol–water partition coefficient (Wildman–Crippen LogP) is 4.53. The lowest BCUT2D eigenvalue weighted by Gasteiger charge is -2.25. The number of benzene rings is 1. The first-order valence-corrected chi connectivity index (χ1v) is 12.0. The minimum absolute atomic E-state index is 0.101. The fourth-order valence-electron chi connectivity index (χ4n) is 4.59. The molecule has 0 bridgehead atoms. The van der Waals surface area contributed by atoms with E-state index >= 15 is 4.39 Å². The van der Waals surface area contributed by atoms with E-state index in [-0.39, 0.29) is 30.6 Å². The van der Waals surface area contributed by atoms with Crippen molar-refractivity contribution in [2.75, 3.05) is 11.9 Å². The summed E-state index contributed by atoms with van der Waals surface area (Å²) in [5.41, 5.74) is -0.282. The Morgan fingerprint density at radius 1 is 1.18 bits per heavy atom. The van der Waals surface area contributed by atoms with E-state index in [0.717, 1.165) is 30.3 Å². The molecule has 0 atom stereocenters. The van der Waals surface area contributed by atoms with Crippen molar-refractivity contribution in [1.82, 2.24) is 9.13 Å². The third kappa shape index (κ3) is 5.54. The standard InChI is InChI=1S/C25H34FN3O4/c1-4-18(5-2)29-22-16-21(27-17-11-8-7-9-12-17)20(26)15-19(22)24(31)28(25(29)32)14-10-13-23(30)33-6-3/h10,13,15-18,27H,4-9,11-12,14H2,1-3H3. The molecule has 1 aliphatic carbocycles. The third-order valence-electron chi connectivity index (χ3n) is 6.36. The molecule has 0 aliphatic heterocycles. The number of carbonyl (C=O) groups excluding carboxylic acids is 1. The van der Waals surface area contributed by atoms with E-state index in [0.29, 0.717) is 24.0 Å². The number of allylic oxidation sites excluding steroid dienone is 1. The van der Waals surface area contributed by atoms with Crippen LogP contribution in [0.5, 0.6) is 0 Å². The summed E-state index contributed by atoms with van der Waals surface area (Å²) in [6.45, 7) is 5.79. The summed E-state index contributed by atoms with van der Waals surface area (Å²) >= 11 is 0. The molecule has 0 saturated heterocycles. The van der Waals surface area contributed by atoms with Crippen LogP contribution in [0.15, 0.2) is 33.9 Å². The van der Waals surface area contributed by atoms with Gasteiger partial charge in [-0.25, -0.2) is 14.0 Å². The topological polar surface area (TPSA) is 82.3 Å². The summed E-state index contributed by atoms with van der Waals surface area (Å²) in [7, 11) is 0. The van der Waals surface area contributed by atoms with Crippen molar-refractivity contribution in [3.05, 3.63) is 50.9 Å². The molecule has 1 saturated carbocycles. The summed E-state index contributed by atoms with van der Waals surface area (Å²) < 4.78 is 22.5. The highest BCUT2D eigenvalue weighted by Crippen LogP contribution is 2.27. The second-order valence-corrected chi connectivity index (χ2v) is 8.52. The molecule has 1 aliphatic rings. The van der Waals surface area contributed by atoms with Crippen molar-refractivity contribution in [3.8, 4) is 0 Å². The average Bonchev–Trinajstić information content (AvgIpc) is 2.81. The summed E-state index contributed by atoms with van der Waals surface area (Å²) in [6.07, 6.45) is 9.34. The first-order valence-electron chi connectivity index (χ1n) is 12.0. The molecule has 0 radical (unpaired) electrons. The van der Waals surface area contributed by atoms with Gasteiger partial charge < -0.3 is 10.1 Å². The molecule has 8 heteroatoms. The number of aromatic nitrogens is 2. The van der Waals surface area contributed by atoms with Crippen LogP contribution in [0.25, 0.3) is 10.9 Å². The van der Waals surface area contributed by atoms with Gasteiger partial charge in [0.05, 0.1) is 23.2 Å². The molecule has 1 aromatic heterocycles. The van der Waals surface area contributed by atoms with Crippen LogP contribution in [0.3, 0.4) is 0 Å². The minimum Gasteiger partial charge on any atom is -0.463 e. The van der Waals surface area contributed by atoms with Gasteiger partial charge in [0.1, 0.15) is 5.82 Å². The van der Waals surface area contributed by atoms with E-state index in [1.54, 1.807) is 17.6 Å². The van der Waals surface area contributed by atoms with Gasteiger partial charge in [-0.15, -0.1) is 0 Å². The van der Waals surface area contributed by atoms with Crippen molar-refractivity contribution < 1.29 is 13.9 Å². The van der Waals surface area contributed by atoms with Crippen molar-refractivity contribution >= 4 is 22.6 Å². The molecule has 1 aromatic carbocycles. The molecular weight excluding hydrogens is 425 g/mol. The van der Waals surface area contributed by atoms with Crippen molar-refractivity contribution in [1.29, 1.82) is 0 Å². The first kappa shape index (κ1) is 24.7. The highest BCUT2D eigenvalue weighted by atomic mass is 19.1. The fourth-order valence-corrected chi connectivity index (χ4v) is 4.59. The average molecular weight is 460 g/mol. The van der Waals surface area contributed by atoms with Crippen LogP contribution in [-0.4, -0.2) is 27.8 Å². The summed E-state index contributed by atoms with van der Waals surface area (Å²) in [5.74, 6) is -1.05. The fraction of sp³-hybridized carbons (Fsp3) is 0.560. The molecule has 180 valence electrons. The predicted molar refractivity (Wildman–Crippen MR) is 128 cm³/mol. The highest BCUT2D eigenvalue weighted by Gasteiger charge is 2.21. The van der Waals surface area contributed by atoms with Crippen molar-refractivity contribution in [3.63, 3.8) is 0 Å². The van der Waals surface area contributed by atoms with Crippen LogP contribution in [0, 0.1) is 5.82 Å². The van der Waals surface area contributed by atoms with E-state index in [1.165, 1.54) is 24.6 Å². The number of carbonyl (C=O) groups is 1. The van der Waals surface area contributed by atoms with Gasteiger partial charge in [-0.1, -0.05) is 39.2 Å². The molecular formula is C25H34FN3O4. The smallest absolute Gasteiger partial charge is 0.332 e. The van der Waals surface area contributed by atoms with Gasteiger partial charge in [0.2, 0.25) is 0 Å². The van der Waals surface area contributed by atoms with E-state index < -0.39 is 23.0 Å². The molecule has 7 nitrogen and oxygen atoms in total. The number of fused-ring (bicyclic) bond motifs is 1. The summed E-state index contributed by atoms with van der Waals surface area (Å²) in [4.78, 5) is 38.2. The molecule has 1 N–H and O–H groups in total. The van der Waals surface area contributed by atoms with Gasteiger partial charge in [0.25, 0.3) is 5.56 Å². The normalized spacial score (nSPS) is 14.9. The molecule has 1 heterocycles. The lowest BCUT2D eigenvalue weighted by Crippen LogP contribution is -2.41. The largest absolute Gasteiger partial charge is 0.463 e. The lowest BCUT2D eigenvalue weighted by molar-refractivity contribution is -0.137. The summed E-state index contributed by atoms with van der Waals surface area (Å²) in [6, 6.07) is 2.88. The molecule has 3 rings (SSSR count). The third-order valence-corrected chi connectivity index (χ3v) is 6.36. The Kier molecular flexibility index (Phi) is 8.47. The first-order chi connectivity index (χ1) is 15.9. The van der Waals surface area contributed by atoms with Crippen molar-refractivity contribution in [2.24, 2.45) is 0 Å². The molecule has 33 heavy (non-hydrogen) atoms. The number of esters is 1. The Bertz CT molecular complexity index is 1130. The Balaban J connectivity index is 2.12. The number of nitrogens with zero attached hydrogens (tertiary/aromatic N) is 2.